The van der Waals surface area contributed by atoms with Gasteiger partial charge >= 0.3 is 0 Å². The minimum absolute atomic E-state index is 0.150. The minimum Gasteiger partial charge on any atom is -0.497 e. The van der Waals surface area contributed by atoms with Crippen LogP contribution >= 0.6 is 38.6 Å². The highest BCUT2D eigenvalue weighted by molar-refractivity contribution is 9.11. The summed E-state index contributed by atoms with van der Waals surface area (Å²) in [5.74, 6) is 1.02. The molecule has 0 saturated heterocycles. The molecule has 0 bridgehead atoms. The highest BCUT2D eigenvalue weighted by atomic mass is 79.9. The van der Waals surface area contributed by atoms with E-state index in [1.807, 2.05) is 45.0 Å². The number of halogens is 1. The Hall–Kier alpha value is -2.69. The molecule has 1 aromatic carbocycles. The van der Waals surface area contributed by atoms with Crippen molar-refractivity contribution >= 4 is 50.6 Å². The van der Waals surface area contributed by atoms with Gasteiger partial charge in [-0.2, -0.15) is 0 Å². The van der Waals surface area contributed by atoms with E-state index in [9.17, 15) is 9.59 Å². The van der Waals surface area contributed by atoms with E-state index < -0.39 is 6.04 Å². The predicted octanol–water partition coefficient (Wildman–Crippen LogP) is 3.94. The van der Waals surface area contributed by atoms with Crippen LogP contribution in [-0.2, 0) is 4.79 Å². The van der Waals surface area contributed by atoms with Gasteiger partial charge in [-0.1, -0.05) is 11.3 Å². The Labute approximate surface area is 219 Å². The van der Waals surface area contributed by atoms with Gasteiger partial charge in [0, 0.05) is 23.5 Å². The fourth-order valence-electron chi connectivity index (χ4n) is 4.16. The number of nitrogens with zero attached hydrogens (tertiary/aromatic N) is 3. The average molecular weight is 577 g/mol. The molecule has 3 heterocycles. The van der Waals surface area contributed by atoms with E-state index in [2.05, 4.69) is 15.9 Å². The lowest BCUT2D eigenvalue weighted by Crippen LogP contribution is -2.43. The first kappa shape index (κ1) is 25.4. The maximum Gasteiger partial charge on any atom is 0.271 e. The van der Waals surface area contributed by atoms with Crippen LogP contribution in [0.4, 0.5) is 0 Å². The van der Waals surface area contributed by atoms with Gasteiger partial charge in [-0.3, -0.25) is 14.2 Å². The molecule has 0 fully saturated rings. The third-order valence-electron chi connectivity index (χ3n) is 5.90. The molecule has 1 amide bonds. The van der Waals surface area contributed by atoms with Gasteiger partial charge in [0.05, 0.1) is 33.8 Å². The first-order valence-electron chi connectivity index (χ1n) is 11.1. The molecule has 10 heteroatoms. The summed E-state index contributed by atoms with van der Waals surface area (Å²) in [6.45, 7) is 6.79. The molecule has 1 aliphatic heterocycles. The lowest BCUT2D eigenvalue weighted by atomic mass is 9.93. The highest BCUT2D eigenvalue weighted by Gasteiger charge is 2.36. The van der Waals surface area contributed by atoms with E-state index in [0.717, 1.165) is 8.66 Å². The van der Waals surface area contributed by atoms with Crippen molar-refractivity contribution in [3.05, 3.63) is 75.5 Å². The molecule has 1 aliphatic rings. The third kappa shape index (κ3) is 4.74. The first-order chi connectivity index (χ1) is 16.8. The van der Waals surface area contributed by atoms with Crippen LogP contribution in [0.25, 0.3) is 6.08 Å². The van der Waals surface area contributed by atoms with E-state index in [1.165, 1.54) is 11.3 Å². The summed E-state index contributed by atoms with van der Waals surface area (Å²) in [6.07, 6.45) is 1.87. The summed E-state index contributed by atoms with van der Waals surface area (Å²) in [4.78, 5) is 35.5. The molecule has 0 radical (unpaired) electrons. The van der Waals surface area contributed by atoms with Gasteiger partial charge in [0.2, 0.25) is 0 Å². The van der Waals surface area contributed by atoms with Crippen LogP contribution in [0.1, 0.15) is 37.3 Å². The van der Waals surface area contributed by atoms with Crippen LogP contribution in [0, 0.1) is 0 Å². The number of hydrogen-bond acceptors (Lipinski definition) is 7. The van der Waals surface area contributed by atoms with Crippen LogP contribution in [-0.4, -0.2) is 42.7 Å². The Morgan fingerprint density at radius 2 is 1.91 bits per heavy atom. The highest BCUT2D eigenvalue weighted by Crippen LogP contribution is 2.38. The lowest BCUT2D eigenvalue weighted by Gasteiger charge is -2.30. The number of amides is 1. The number of allylic oxidation sites excluding steroid dienone is 1. The summed E-state index contributed by atoms with van der Waals surface area (Å²) >= 11 is 6.33. The minimum atomic E-state index is -0.707. The van der Waals surface area contributed by atoms with Gasteiger partial charge in [-0.25, -0.2) is 4.99 Å². The number of methoxy groups -OCH3 is 2. The van der Waals surface area contributed by atoms with Gasteiger partial charge in [-0.05, 0) is 73.1 Å². The van der Waals surface area contributed by atoms with E-state index >= 15 is 0 Å². The van der Waals surface area contributed by atoms with E-state index in [1.54, 1.807) is 47.2 Å². The SMILES string of the molecule is CCN(CC)C(=O)C1=C(C)N=c2s/c(=C/c3ccc(Br)s3)c(=O)n2[C@H]1c1cc(OC)ccc1OC. The van der Waals surface area contributed by atoms with Gasteiger partial charge in [0.15, 0.2) is 4.80 Å². The molecule has 2 aromatic heterocycles. The number of benzene rings is 1. The number of thiophene rings is 1. The van der Waals surface area contributed by atoms with Crippen molar-refractivity contribution in [1.29, 1.82) is 0 Å². The zero-order valence-corrected chi connectivity index (χ0v) is 23.3. The van der Waals surface area contributed by atoms with Gasteiger partial charge in [0.25, 0.3) is 11.5 Å². The quantitative estimate of drug-likeness (QED) is 0.427. The number of likely N-dealkylation sites (N-methyl/N-ethyl adjacent to an activating group) is 1. The van der Waals surface area contributed by atoms with Crippen LogP contribution < -0.4 is 24.4 Å². The number of fused-ring (bicyclic) bond motifs is 1. The second-order valence-corrected chi connectivity index (χ2v) is 11.3. The van der Waals surface area contributed by atoms with Crippen molar-refractivity contribution in [3.8, 4) is 11.5 Å². The number of thiazole rings is 1. The normalized spacial score (nSPS) is 15.6. The number of hydrogen-bond donors (Lipinski definition) is 0. The van der Waals surface area contributed by atoms with E-state index in [4.69, 9.17) is 14.5 Å². The zero-order chi connectivity index (χ0) is 25.3. The van der Waals surface area contributed by atoms with Crippen LogP contribution in [0.5, 0.6) is 11.5 Å². The Balaban J connectivity index is 2.03. The Morgan fingerprint density at radius 3 is 2.51 bits per heavy atom. The van der Waals surface area contributed by atoms with Gasteiger partial charge < -0.3 is 14.4 Å². The van der Waals surface area contributed by atoms with E-state index in [0.29, 0.717) is 50.8 Å². The number of ether oxygens (including phenoxy) is 2. The summed E-state index contributed by atoms with van der Waals surface area (Å²) in [5, 5.41) is 0. The molecule has 0 unspecified atom stereocenters. The van der Waals surface area contributed by atoms with Gasteiger partial charge in [-0.15, -0.1) is 11.3 Å². The monoisotopic (exact) mass is 575 g/mol. The summed E-state index contributed by atoms with van der Waals surface area (Å²) in [5.41, 5.74) is 1.51. The van der Waals surface area contributed by atoms with Crippen LogP contribution in [0.3, 0.4) is 0 Å². The first-order valence-corrected chi connectivity index (χ1v) is 13.5. The van der Waals surface area contributed by atoms with Crippen molar-refractivity contribution < 1.29 is 14.3 Å². The lowest BCUT2D eigenvalue weighted by molar-refractivity contribution is -0.127. The van der Waals surface area contributed by atoms with Crippen LogP contribution in [0.2, 0.25) is 0 Å². The smallest absolute Gasteiger partial charge is 0.271 e. The molecule has 7 nitrogen and oxygen atoms in total. The molecule has 0 N–H and O–H groups in total. The number of carbonyl (C=O) groups excluding carboxylic acids is 1. The van der Waals surface area contributed by atoms with Crippen molar-refractivity contribution in [2.75, 3.05) is 27.3 Å². The fourth-order valence-corrected chi connectivity index (χ4v) is 6.64. The molecule has 0 spiro atoms. The number of aromatic nitrogens is 1. The van der Waals surface area contributed by atoms with Crippen molar-refractivity contribution in [2.24, 2.45) is 4.99 Å². The van der Waals surface area contributed by atoms with Crippen LogP contribution in [0.15, 0.2) is 55.2 Å². The molecular formula is C25H26BrN3O4S2. The Kier molecular flexibility index (Phi) is 7.63. The maximum atomic E-state index is 13.8. The molecule has 0 aliphatic carbocycles. The topological polar surface area (TPSA) is 73.1 Å². The number of carbonyl (C=O) groups is 1. The van der Waals surface area contributed by atoms with Crippen molar-refractivity contribution in [3.63, 3.8) is 0 Å². The molecule has 0 saturated carbocycles. The molecule has 184 valence electrons. The zero-order valence-electron chi connectivity index (χ0n) is 20.1. The van der Waals surface area contributed by atoms with E-state index in [-0.39, 0.29) is 11.5 Å². The third-order valence-corrected chi connectivity index (χ3v) is 8.46. The summed E-state index contributed by atoms with van der Waals surface area (Å²) < 4.78 is 14.3. The molecule has 4 rings (SSSR count). The predicted molar refractivity (Wildman–Crippen MR) is 143 cm³/mol. The molecule has 1 atom stereocenters. The molecule has 3 aromatic rings. The average Bonchev–Trinajstić information content (AvgIpc) is 3.40. The standard InChI is InChI=1S/C25H26BrN3O4S2/c1-6-28(7-2)24(31)21-14(3)27-25-29(22(21)17-12-15(32-4)8-10-18(17)33-5)23(30)19(35-25)13-16-9-11-20(26)34-16/h8-13,22H,6-7H2,1-5H3/b19-13+/t22-/m0/s1. The maximum absolute atomic E-state index is 13.8. The molecular weight excluding hydrogens is 550 g/mol. The second kappa shape index (κ2) is 10.5. The second-order valence-electron chi connectivity index (χ2n) is 7.81. The molecule has 35 heavy (non-hydrogen) atoms. The van der Waals surface area contributed by atoms with Crippen molar-refractivity contribution in [2.45, 2.75) is 26.8 Å². The largest absolute Gasteiger partial charge is 0.497 e. The number of rotatable bonds is 7. The summed E-state index contributed by atoms with van der Waals surface area (Å²) in [7, 11) is 3.16. The Morgan fingerprint density at radius 1 is 1.17 bits per heavy atom. The summed E-state index contributed by atoms with van der Waals surface area (Å²) in [6, 6.07) is 8.61. The Bertz CT molecular complexity index is 1480. The fraction of sp³-hybridized carbons (Fsp3) is 0.320. The van der Waals surface area contributed by atoms with Crippen molar-refractivity contribution in [1.82, 2.24) is 9.47 Å². The van der Waals surface area contributed by atoms with Gasteiger partial charge in [0.1, 0.15) is 17.5 Å².